The Morgan fingerprint density at radius 1 is 1.50 bits per heavy atom. The van der Waals surface area contributed by atoms with E-state index >= 15 is 0 Å². The number of carboxylic acid groups (broad SMARTS) is 1. The molecule has 0 spiro atoms. The minimum atomic E-state index is -0.923. The fourth-order valence-corrected chi connectivity index (χ4v) is 2.60. The van der Waals surface area contributed by atoms with Crippen molar-refractivity contribution in [3.05, 3.63) is 28.8 Å². The lowest BCUT2D eigenvalue weighted by Gasteiger charge is -2.37. The molecule has 3 N–H and O–H groups in total. The third kappa shape index (κ3) is 3.02. The SMILES string of the molecule is NC(=O)c1c(Cl)cccc1N1CCOCC1CC(=O)O. The average molecular weight is 299 g/mol. The van der Waals surface area contributed by atoms with Crippen LogP contribution in [0.5, 0.6) is 0 Å². The van der Waals surface area contributed by atoms with Crippen LogP contribution in [0, 0.1) is 0 Å². The molecule has 1 heterocycles. The van der Waals surface area contributed by atoms with Crippen LogP contribution in [-0.2, 0) is 9.53 Å². The van der Waals surface area contributed by atoms with Gasteiger partial charge in [0.05, 0.1) is 41.9 Å². The van der Waals surface area contributed by atoms with E-state index in [1.54, 1.807) is 18.2 Å². The number of amides is 1. The first-order valence-corrected chi connectivity index (χ1v) is 6.53. The first-order valence-electron chi connectivity index (χ1n) is 6.15. The van der Waals surface area contributed by atoms with E-state index in [4.69, 9.17) is 27.2 Å². The molecule has 1 atom stereocenters. The summed E-state index contributed by atoms with van der Waals surface area (Å²) in [7, 11) is 0. The number of benzene rings is 1. The average Bonchev–Trinajstić information content (AvgIpc) is 2.38. The number of anilines is 1. The molecule has 0 radical (unpaired) electrons. The monoisotopic (exact) mass is 298 g/mol. The zero-order chi connectivity index (χ0) is 14.7. The van der Waals surface area contributed by atoms with Crippen molar-refractivity contribution in [1.82, 2.24) is 0 Å². The van der Waals surface area contributed by atoms with Crippen LogP contribution in [0.3, 0.4) is 0 Å². The molecule has 20 heavy (non-hydrogen) atoms. The van der Waals surface area contributed by atoms with Crippen LogP contribution < -0.4 is 10.6 Å². The Morgan fingerprint density at radius 2 is 2.25 bits per heavy atom. The molecule has 1 aliphatic heterocycles. The van der Waals surface area contributed by atoms with E-state index in [9.17, 15) is 9.59 Å². The second-order valence-corrected chi connectivity index (χ2v) is 4.93. The van der Waals surface area contributed by atoms with Crippen molar-refractivity contribution >= 4 is 29.2 Å². The summed E-state index contributed by atoms with van der Waals surface area (Å²) < 4.78 is 5.31. The molecule has 108 valence electrons. The van der Waals surface area contributed by atoms with Gasteiger partial charge >= 0.3 is 5.97 Å². The van der Waals surface area contributed by atoms with Crippen molar-refractivity contribution in [2.45, 2.75) is 12.5 Å². The molecule has 0 saturated carbocycles. The van der Waals surface area contributed by atoms with Gasteiger partial charge in [0.1, 0.15) is 0 Å². The van der Waals surface area contributed by atoms with Gasteiger partial charge < -0.3 is 20.5 Å². The maximum Gasteiger partial charge on any atom is 0.305 e. The molecule has 7 heteroatoms. The van der Waals surface area contributed by atoms with Gasteiger partial charge in [0.15, 0.2) is 0 Å². The van der Waals surface area contributed by atoms with E-state index in [1.165, 1.54) is 0 Å². The predicted molar refractivity (Wildman–Crippen MR) is 74.2 cm³/mol. The Kier molecular flexibility index (Phi) is 4.46. The molecule has 1 fully saturated rings. The van der Waals surface area contributed by atoms with E-state index < -0.39 is 11.9 Å². The number of rotatable bonds is 4. The highest BCUT2D eigenvalue weighted by atomic mass is 35.5. The number of nitrogens with two attached hydrogens (primary N) is 1. The Hall–Kier alpha value is -1.79. The normalized spacial score (nSPS) is 18.9. The van der Waals surface area contributed by atoms with E-state index in [0.29, 0.717) is 18.8 Å². The van der Waals surface area contributed by atoms with Gasteiger partial charge in [-0.05, 0) is 12.1 Å². The zero-order valence-electron chi connectivity index (χ0n) is 10.7. The molecule has 2 rings (SSSR count). The largest absolute Gasteiger partial charge is 0.481 e. The maximum absolute atomic E-state index is 11.6. The number of carboxylic acids is 1. The minimum absolute atomic E-state index is 0.0787. The molecule has 1 aliphatic rings. The minimum Gasteiger partial charge on any atom is -0.481 e. The molecule has 6 nitrogen and oxygen atoms in total. The summed E-state index contributed by atoms with van der Waals surface area (Å²) in [6.07, 6.45) is -0.0787. The lowest BCUT2D eigenvalue weighted by Crippen LogP contribution is -2.47. The summed E-state index contributed by atoms with van der Waals surface area (Å²) in [5, 5.41) is 9.22. The fourth-order valence-electron chi connectivity index (χ4n) is 2.34. The number of carbonyl (C=O) groups is 2. The topological polar surface area (TPSA) is 92.9 Å². The van der Waals surface area contributed by atoms with Crippen molar-refractivity contribution in [3.8, 4) is 0 Å². The molecule has 1 unspecified atom stereocenters. The molecule has 0 aromatic heterocycles. The number of ether oxygens (including phenoxy) is 1. The van der Waals surface area contributed by atoms with Gasteiger partial charge in [-0.1, -0.05) is 17.7 Å². The number of morpholine rings is 1. The van der Waals surface area contributed by atoms with Crippen molar-refractivity contribution in [2.24, 2.45) is 5.73 Å². The molecular weight excluding hydrogens is 284 g/mol. The van der Waals surface area contributed by atoms with Crippen LogP contribution in [0.1, 0.15) is 16.8 Å². The summed E-state index contributed by atoms with van der Waals surface area (Å²) >= 11 is 6.02. The molecule has 1 amide bonds. The van der Waals surface area contributed by atoms with Crippen molar-refractivity contribution in [2.75, 3.05) is 24.7 Å². The van der Waals surface area contributed by atoms with Crippen molar-refractivity contribution < 1.29 is 19.4 Å². The standard InChI is InChI=1S/C13H15ClN2O4/c14-9-2-1-3-10(12(9)13(15)19)16-4-5-20-7-8(16)6-11(17)18/h1-3,8H,4-7H2,(H2,15,19)(H,17,18). The number of primary amides is 1. The number of hydrogen-bond acceptors (Lipinski definition) is 4. The van der Waals surface area contributed by atoms with Crippen LogP contribution >= 0.6 is 11.6 Å². The summed E-state index contributed by atoms with van der Waals surface area (Å²) in [6, 6.07) is 4.65. The molecule has 1 saturated heterocycles. The molecular formula is C13H15ClN2O4. The molecule has 1 aromatic carbocycles. The Labute approximate surface area is 121 Å². The van der Waals surface area contributed by atoms with Gasteiger partial charge in [-0.25, -0.2) is 0 Å². The highest BCUT2D eigenvalue weighted by Gasteiger charge is 2.28. The van der Waals surface area contributed by atoms with Gasteiger partial charge in [-0.15, -0.1) is 0 Å². The number of aliphatic carboxylic acids is 1. The van der Waals surface area contributed by atoms with Crippen molar-refractivity contribution in [1.29, 1.82) is 0 Å². The van der Waals surface area contributed by atoms with Crippen LogP contribution in [0.15, 0.2) is 18.2 Å². The van der Waals surface area contributed by atoms with Gasteiger partial charge in [0.2, 0.25) is 0 Å². The smallest absolute Gasteiger partial charge is 0.305 e. The van der Waals surface area contributed by atoms with E-state index in [-0.39, 0.29) is 29.7 Å². The Morgan fingerprint density at radius 3 is 2.90 bits per heavy atom. The third-order valence-electron chi connectivity index (χ3n) is 3.19. The van der Waals surface area contributed by atoms with Crippen LogP contribution in [-0.4, -0.2) is 42.8 Å². The molecule has 1 aromatic rings. The van der Waals surface area contributed by atoms with Crippen molar-refractivity contribution in [3.63, 3.8) is 0 Å². The summed E-state index contributed by atoms with van der Waals surface area (Å²) in [5.74, 6) is -1.56. The Bertz CT molecular complexity index is 535. The second-order valence-electron chi connectivity index (χ2n) is 4.52. The number of halogens is 1. The molecule has 0 bridgehead atoms. The third-order valence-corrected chi connectivity index (χ3v) is 3.50. The lowest BCUT2D eigenvalue weighted by atomic mass is 10.1. The summed E-state index contributed by atoms with van der Waals surface area (Å²) in [6.45, 7) is 1.23. The predicted octanol–water partition coefficient (Wildman–Crippen LogP) is 1.12. The van der Waals surface area contributed by atoms with Crippen LogP contribution in [0.25, 0.3) is 0 Å². The molecule has 0 aliphatic carbocycles. The number of carbonyl (C=O) groups excluding carboxylic acids is 1. The van der Waals surface area contributed by atoms with Gasteiger partial charge in [0, 0.05) is 6.54 Å². The van der Waals surface area contributed by atoms with Crippen LogP contribution in [0.2, 0.25) is 5.02 Å². The number of nitrogens with zero attached hydrogens (tertiary/aromatic N) is 1. The maximum atomic E-state index is 11.6. The van der Waals surface area contributed by atoms with E-state index in [1.807, 2.05) is 4.90 Å². The van der Waals surface area contributed by atoms with Gasteiger partial charge in [-0.2, -0.15) is 0 Å². The quantitative estimate of drug-likeness (QED) is 0.869. The highest BCUT2D eigenvalue weighted by molar-refractivity contribution is 6.34. The van der Waals surface area contributed by atoms with Crippen LogP contribution in [0.4, 0.5) is 5.69 Å². The second kappa shape index (κ2) is 6.11. The summed E-state index contributed by atoms with van der Waals surface area (Å²) in [4.78, 5) is 24.3. The highest BCUT2D eigenvalue weighted by Crippen LogP contribution is 2.30. The summed E-state index contributed by atoms with van der Waals surface area (Å²) in [5.41, 5.74) is 6.14. The van der Waals surface area contributed by atoms with E-state index in [2.05, 4.69) is 0 Å². The van der Waals surface area contributed by atoms with Gasteiger partial charge in [-0.3, -0.25) is 9.59 Å². The number of hydrogen-bond donors (Lipinski definition) is 2. The lowest BCUT2D eigenvalue weighted by molar-refractivity contribution is -0.138. The van der Waals surface area contributed by atoms with Gasteiger partial charge in [0.25, 0.3) is 5.91 Å². The first kappa shape index (κ1) is 14.6. The van der Waals surface area contributed by atoms with E-state index in [0.717, 1.165) is 0 Å². The fraction of sp³-hybridized carbons (Fsp3) is 0.385. The zero-order valence-corrected chi connectivity index (χ0v) is 11.5. The first-order chi connectivity index (χ1) is 9.50. The Balaban J connectivity index is 2.39.